The topological polar surface area (TPSA) is 160 Å². The number of imidazole rings is 1. The second kappa shape index (κ2) is 13.8. The summed E-state index contributed by atoms with van der Waals surface area (Å²) in [5.41, 5.74) is 10.1. The number of nitrogen functional groups attached to an aromatic ring is 1. The summed E-state index contributed by atoms with van der Waals surface area (Å²) in [5, 5.41) is 3.68. The number of fused-ring (bicyclic) bond motifs is 1. The van der Waals surface area contributed by atoms with Crippen LogP contribution in [0.15, 0.2) is 41.4 Å². The normalized spacial score (nSPS) is 22.6. The average molecular weight is 599 g/mol. The number of allylic oxidation sites excluding steroid dienone is 5. The van der Waals surface area contributed by atoms with Crippen molar-refractivity contribution in [3.63, 3.8) is 0 Å². The lowest BCUT2D eigenvalue weighted by molar-refractivity contribution is -0.142. The number of esters is 1. The second-order valence-corrected chi connectivity index (χ2v) is 11.1. The van der Waals surface area contributed by atoms with Crippen molar-refractivity contribution in [2.24, 2.45) is 5.92 Å². The van der Waals surface area contributed by atoms with E-state index in [1.165, 1.54) is 19.1 Å². The van der Waals surface area contributed by atoms with Gasteiger partial charge in [0.1, 0.15) is 18.0 Å². The minimum absolute atomic E-state index is 0.118. The minimum Gasteiger partial charge on any atom is -0.468 e. The van der Waals surface area contributed by atoms with Crippen molar-refractivity contribution < 1.29 is 23.3 Å². The Kier molecular flexibility index (Phi) is 10.4. The summed E-state index contributed by atoms with van der Waals surface area (Å²) in [6.45, 7) is 4.01. The Hall–Kier alpha value is -2.45. The van der Waals surface area contributed by atoms with Gasteiger partial charge in [0, 0.05) is 17.4 Å². The Morgan fingerprint density at radius 2 is 2.23 bits per heavy atom. The quantitative estimate of drug-likeness (QED) is 0.121. The predicted octanol–water partition coefficient (Wildman–Crippen LogP) is 3.90. The molecule has 5 N–H and O–H groups in total. The van der Waals surface area contributed by atoms with Gasteiger partial charge >= 0.3 is 14.5 Å². The molecule has 2 aromatic heterocycles. The van der Waals surface area contributed by atoms with Crippen LogP contribution in [0.4, 0.5) is 11.8 Å². The zero-order valence-corrected chi connectivity index (χ0v) is 24.4. The van der Waals surface area contributed by atoms with Gasteiger partial charge in [0.05, 0.1) is 26.1 Å². The molecule has 5 atom stereocenters. The van der Waals surface area contributed by atoms with E-state index in [-0.39, 0.29) is 30.8 Å². The third kappa shape index (κ3) is 7.60. The van der Waals surface area contributed by atoms with Crippen LogP contribution in [0, 0.1) is 5.92 Å². The van der Waals surface area contributed by atoms with E-state index in [0.29, 0.717) is 34.2 Å². The summed E-state index contributed by atoms with van der Waals surface area (Å²) in [5.74, 6) is 0.951. The van der Waals surface area contributed by atoms with Crippen molar-refractivity contribution in [3.8, 4) is 0 Å². The highest BCUT2D eigenvalue weighted by Gasteiger charge is 2.36. The number of aromatic nitrogens is 4. The zero-order valence-electron chi connectivity index (χ0n) is 22.0. The van der Waals surface area contributed by atoms with Crippen molar-refractivity contribution in [2.45, 2.75) is 45.1 Å². The summed E-state index contributed by atoms with van der Waals surface area (Å²) in [4.78, 5) is 28.1. The molecule has 0 amide bonds. The molecule has 13 nitrogen and oxygen atoms in total. The summed E-state index contributed by atoms with van der Waals surface area (Å²) in [6, 6.07) is -0.635. The number of halogens is 1. The lowest BCUT2D eigenvalue weighted by atomic mass is 10.1. The van der Waals surface area contributed by atoms with Crippen LogP contribution in [0.25, 0.3) is 11.2 Å². The molecule has 5 unspecified atom stereocenters. The van der Waals surface area contributed by atoms with Gasteiger partial charge in [-0.15, -0.1) is 0 Å². The van der Waals surface area contributed by atoms with Crippen LogP contribution >= 0.6 is 32.1 Å². The number of rotatable bonds is 12. The number of anilines is 2. The number of nitrogens with two attached hydrogens (primary N) is 1. The molecule has 1 aliphatic carbocycles. The highest BCUT2D eigenvalue weighted by molar-refractivity contribution is 7.96. The molecule has 0 bridgehead atoms. The monoisotopic (exact) mass is 598 g/mol. The molecule has 39 heavy (non-hydrogen) atoms. The largest absolute Gasteiger partial charge is 0.468 e. The first-order chi connectivity index (χ1) is 18.8. The van der Waals surface area contributed by atoms with Crippen LogP contribution < -0.4 is 21.1 Å². The van der Waals surface area contributed by atoms with Gasteiger partial charge in [0.15, 0.2) is 17.0 Å². The van der Waals surface area contributed by atoms with Crippen LogP contribution in [0.2, 0.25) is 0 Å². The summed E-state index contributed by atoms with van der Waals surface area (Å²) >= 11 is 7.47. The highest BCUT2D eigenvalue weighted by Crippen LogP contribution is 2.42. The lowest BCUT2D eigenvalue weighted by Gasteiger charge is -2.23. The maximum Gasteiger partial charge on any atom is 0.323 e. The SMILES string of the molecule is COC(=O)C(C)NP(OCC1CC(C)C(n2cnc3c(NNSC)nc(N)nc32)O1)OC1=CC=C(Cl)C=CC1. The van der Waals surface area contributed by atoms with Crippen LogP contribution in [0.3, 0.4) is 0 Å². The number of hydrogen-bond acceptors (Lipinski definition) is 13. The fourth-order valence-corrected chi connectivity index (χ4v) is 5.66. The maximum atomic E-state index is 12.0. The Balaban J connectivity index is 1.45. The van der Waals surface area contributed by atoms with Gasteiger partial charge in [-0.1, -0.05) is 36.5 Å². The molecule has 3 heterocycles. The number of nitrogens with one attached hydrogen (secondary N) is 3. The van der Waals surface area contributed by atoms with Crippen LogP contribution in [-0.2, 0) is 23.3 Å². The van der Waals surface area contributed by atoms with Gasteiger partial charge in [-0.3, -0.25) is 14.8 Å². The summed E-state index contributed by atoms with van der Waals surface area (Å²) in [7, 11) is -0.365. The number of methoxy groups -OCH3 is 1. The molecular weight excluding hydrogens is 567 g/mol. The number of carbonyl (C=O) groups is 1. The minimum atomic E-state index is -1.70. The molecule has 2 aromatic rings. The van der Waals surface area contributed by atoms with Gasteiger partial charge in [0.25, 0.3) is 0 Å². The zero-order chi connectivity index (χ0) is 27.9. The van der Waals surface area contributed by atoms with E-state index in [1.807, 2.05) is 16.9 Å². The molecule has 1 saturated heterocycles. The van der Waals surface area contributed by atoms with E-state index in [0.717, 1.165) is 6.42 Å². The first-order valence-electron chi connectivity index (χ1n) is 12.2. The number of nitrogens with zero attached hydrogens (tertiary/aromatic N) is 4. The van der Waals surface area contributed by atoms with Crippen LogP contribution in [-0.4, -0.2) is 57.6 Å². The molecule has 4 rings (SSSR count). The van der Waals surface area contributed by atoms with Gasteiger partial charge in [-0.25, -0.2) is 10.1 Å². The molecule has 1 aliphatic heterocycles. The molecule has 0 spiro atoms. The van der Waals surface area contributed by atoms with Gasteiger partial charge in [-0.05, 0) is 37.8 Å². The van der Waals surface area contributed by atoms with E-state index in [2.05, 4.69) is 37.2 Å². The number of ether oxygens (including phenoxy) is 2. The standard InChI is InChI=1S/C23H32ClN8O5PS/c1-13-10-17(36-21(13)32-12-26-18-19(29-31-39-4)27-23(25)28-20(18)32)11-35-38(30-14(2)22(33)34-3)37-16-7-5-6-15(24)8-9-16/h5-6,8-9,12-14,17,21,30-31H,7,10-11H2,1-4H3,(H3,25,27,28,29). The van der Waals surface area contributed by atoms with Crippen molar-refractivity contribution >= 4 is 61.0 Å². The van der Waals surface area contributed by atoms with Gasteiger partial charge in [-0.2, -0.15) is 14.8 Å². The Labute approximate surface area is 237 Å². The van der Waals surface area contributed by atoms with E-state index in [4.69, 9.17) is 35.9 Å². The van der Waals surface area contributed by atoms with E-state index in [1.54, 1.807) is 31.5 Å². The third-order valence-electron chi connectivity index (χ3n) is 5.89. The molecule has 16 heteroatoms. The Bertz CT molecular complexity index is 1260. The fraction of sp³-hybridized carbons (Fsp3) is 0.478. The van der Waals surface area contributed by atoms with Crippen molar-refractivity contribution in [2.75, 3.05) is 31.1 Å². The first kappa shape index (κ1) is 29.5. The molecular formula is C23H32ClN8O5PS. The molecule has 1 fully saturated rings. The summed E-state index contributed by atoms with van der Waals surface area (Å²) < 4.78 is 25.3. The first-order valence-corrected chi connectivity index (χ1v) is 14.9. The van der Waals surface area contributed by atoms with E-state index in [9.17, 15) is 4.79 Å². The van der Waals surface area contributed by atoms with Gasteiger partial charge in [0.2, 0.25) is 5.95 Å². The maximum absolute atomic E-state index is 12.0. The second-order valence-electron chi connectivity index (χ2n) is 8.86. The molecule has 0 radical (unpaired) electrons. The number of hydrazine groups is 1. The summed E-state index contributed by atoms with van der Waals surface area (Å²) in [6.07, 6.45) is 11.5. The average Bonchev–Trinajstić information content (AvgIpc) is 3.43. The lowest BCUT2D eigenvalue weighted by Crippen LogP contribution is -2.32. The smallest absolute Gasteiger partial charge is 0.323 e. The van der Waals surface area contributed by atoms with Crippen molar-refractivity contribution in [3.05, 3.63) is 41.4 Å². The third-order valence-corrected chi connectivity index (χ3v) is 7.83. The fourth-order valence-electron chi connectivity index (χ4n) is 4.06. The molecule has 212 valence electrons. The van der Waals surface area contributed by atoms with E-state index < -0.39 is 20.5 Å². The van der Waals surface area contributed by atoms with Crippen molar-refractivity contribution in [1.82, 2.24) is 29.4 Å². The molecule has 2 aliphatic rings. The predicted molar refractivity (Wildman–Crippen MR) is 152 cm³/mol. The molecule has 0 saturated carbocycles. The number of carbonyl (C=O) groups excluding carboxylic acids is 1. The number of hydrogen-bond donors (Lipinski definition) is 4. The van der Waals surface area contributed by atoms with Crippen molar-refractivity contribution in [1.29, 1.82) is 0 Å². The Morgan fingerprint density at radius 3 is 3.00 bits per heavy atom. The highest BCUT2D eigenvalue weighted by atomic mass is 35.5. The van der Waals surface area contributed by atoms with Crippen LogP contribution in [0.1, 0.15) is 32.9 Å². The molecule has 0 aromatic carbocycles. The Morgan fingerprint density at radius 1 is 1.41 bits per heavy atom. The van der Waals surface area contributed by atoms with Crippen LogP contribution in [0.5, 0.6) is 0 Å². The van der Waals surface area contributed by atoms with Gasteiger partial charge < -0.3 is 24.3 Å². The van der Waals surface area contributed by atoms with E-state index >= 15 is 0 Å².